The summed E-state index contributed by atoms with van der Waals surface area (Å²) in [5, 5.41) is 2.87. The van der Waals surface area contributed by atoms with Crippen molar-refractivity contribution in [2.75, 3.05) is 19.5 Å². The lowest BCUT2D eigenvalue weighted by molar-refractivity contribution is -0.116. The number of fused-ring (bicyclic) bond motifs is 1. The number of benzene rings is 2. The third-order valence-electron chi connectivity index (χ3n) is 5.92. The number of carbonyl (C=O) groups excluding carboxylic acids is 1. The lowest BCUT2D eigenvalue weighted by atomic mass is 10.2. The van der Waals surface area contributed by atoms with Crippen molar-refractivity contribution in [1.82, 2.24) is 9.55 Å². The number of aryl methyl sites for hydroxylation is 3. The molecule has 0 spiro atoms. The number of ether oxygens (including phenoxy) is 2. The number of pyridine rings is 2. The largest absolute Gasteiger partial charge is 0.493 e. The molecule has 4 rings (SSSR count). The summed E-state index contributed by atoms with van der Waals surface area (Å²) >= 11 is 0. The zero-order chi connectivity index (χ0) is 26.9. The van der Waals surface area contributed by atoms with Crippen molar-refractivity contribution in [2.45, 2.75) is 37.1 Å². The predicted molar refractivity (Wildman–Crippen MR) is 140 cm³/mol. The summed E-state index contributed by atoms with van der Waals surface area (Å²) in [6.45, 7) is 5.01. The molecule has 10 heteroatoms. The van der Waals surface area contributed by atoms with Gasteiger partial charge in [0.1, 0.15) is 17.1 Å². The number of anilines is 1. The molecule has 0 aliphatic rings. The molecular weight excluding hydrogens is 494 g/mol. The summed E-state index contributed by atoms with van der Waals surface area (Å²) < 4.78 is 39.1. The van der Waals surface area contributed by atoms with Gasteiger partial charge in [0.05, 0.1) is 24.5 Å². The van der Waals surface area contributed by atoms with Gasteiger partial charge in [-0.3, -0.25) is 9.59 Å². The van der Waals surface area contributed by atoms with Crippen molar-refractivity contribution in [3.8, 4) is 11.5 Å². The van der Waals surface area contributed by atoms with E-state index in [2.05, 4.69) is 10.3 Å². The van der Waals surface area contributed by atoms with Crippen LogP contribution in [0.2, 0.25) is 0 Å². The van der Waals surface area contributed by atoms with Crippen molar-refractivity contribution in [3.05, 3.63) is 81.8 Å². The van der Waals surface area contributed by atoms with Gasteiger partial charge in [-0.15, -0.1) is 0 Å². The molecular formula is C27H27N3O6S. The number of hydrogen-bond acceptors (Lipinski definition) is 7. The summed E-state index contributed by atoms with van der Waals surface area (Å²) in [5.74, 6) is 0.497. The van der Waals surface area contributed by atoms with Gasteiger partial charge in [0.15, 0.2) is 11.5 Å². The lowest BCUT2D eigenvalue weighted by Gasteiger charge is -2.15. The van der Waals surface area contributed by atoms with Crippen molar-refractivity contribution >= 4 is 32.5 Å². The maximum Gasteiger partial charge on any atom is 0.244 e. The first-order valence-corrected chi connectivity index (χ1v) is 12.9. The maximum atomic E-state index is 13.6. The first kappa shape index (κ1) is 25.9. The zero-order valence-corrected chi connectivity index (χ0v) is 22.0. The zero-order valence-electron chi connectivity index (χ0n) is 21.2. The van der Waals surface area contributed by atoms with E-state index in [0.717, 1.165) is 5.56 Å². The standard InChI is InChI=1S/C27H27N3O6S/c1-16-6-11-23(17(2)12-16)37(33,34)24-14-30(27-20(26(24)32)9-7-18(3)28-27)15-25(31)29-19-8-10-21(35-4)22(13-19)36-5/h6-14H,15H2,1-5H3,(H,29,31). The minimum Gasteiger partial charge on any atom is -0.493 e. The minimum absolute atomic E-state index is 0.0379. The van der Waals surface area contributed by atoms with Gasteiger partial charge in [-0.2, -0.15) is 0 Å². The normalized spacial score (nSPS) is 11.4. The Morgan fingerprint density at radius 1 is 0.946 bits per heavy atom. The van der Waals surface area contributed by atoms with Crippen LogP contribution in [0.1, 0.15) is 16.8 Å². The molecule has 0 unspecified atom stereocenters. The van der Waals surface area contributed by atoms with Crippen LogP contribution >= 0.6 is 0 Å². The molecule has 2 aromatic carbocycles. The Bertz CT molecular complexity index is 1690. The van der Waals surface area contributed by atoms with Crippen LogP contribution in [0, 0.1) is 20.8 Å². The highest BCUT2D eigenvalue weighted by atomic mass is 32.2. The molecule has 0 aliphatic heterocycles. The van der Waals surface area contributed by atoms with Gasteiger partial charge in [0, 0.05) is 23.6 Å². The fourth-order valence-electron chi connectivity index (χ4n) is 4.13. The molecule has 192 valence electrons. The van der Waals surface area contributed by atoms with Crippen molar-refractivity contribution in [3.63, 3.8) is 0 Å². The first-order chi connectivity index (χ1) is 17.5. The van der Waals surface area contributed by atoms with Gasteiger partial charge in [0.25, 0.3) is 0 Å². The van der Waals surface area contributed by atoms with Gasteiger partial charge in [-0.1, -0.05) is 17.7 Å². The third-order valence-corrected chi connectivity index (χ3v) is 7.83. The summed E-state index contributed by atoms with van der Waals surface area (Å²) in [4.78, 5) is 30.4. The monoisotopic (exact) mass is 521 g/mol. The average Bonchev–Trinajstić information content (AvgIpc) is 2.85. The second-order valence-corrected chi connectivity index (χ2v) is 10.6. The van der Waals surface area contributed by atoms with Gasteiger partial charge >= 0.3 is 0 Å². The molecule has 0 atom stereocenters. The molecule has 37 heavy (non-hydrogen) atoms. The van der Waals surface area contributed by atoms with Crippen LogP contribution in [0.4, 0.5) is 5.69 Å². The van der Waals surface area contributed by atoms with Crippen LogP contribution in [-0.4, -0.2) is 38.1 Å². The van der Waals surface area contributed by atoms with Crippen LogP contribution in [-0.2, 0) is 21.2 Å². The Hall–Kier alpha value is -4.18. The molecule has 0 saturated heterocycles. The van der Waals surface area contributed by atoms with Gasteiger partial charge in [-0.05, 0) is 56.7 Å². The van der Waals surface area contributed by atoms with Crippen LogP contribution in [0.15, 0.2) is 69.3 Å². The van der Waals surface area contributed by atoms with E-state index in [1.807, 2.05) is 6.92 Å². The van der Waals surface area contributed by atoms with E-state index in [-0.39, 0.29) is 22.5 Å². The lowest BCUT2D eigenvalue weighted by Crippen LogP contribution is -2.24. The van der Waals surface area contributed by atoms with Crippen molar-refractivity contribution in [1.29, 1.82) is 0 Å². The predicted octanol–water partition coefficient (Wildman–Crippen LogP) is 3.81. The van der Waals surface area contributed by atoms with Crippen molar-refractivity contribution in [2.24, 2.45) is 0 Å². The highest BCUT2D eigenvalue weighted by Crippen LogP contribution is 2.30. The number of methoxy groups -OCH3 is 2. The molecule has 0 bridgehead atoms. The van der Waals surface area contributed by atoms with Crippen LogP contribution in [0.5, 0.6) is 11.5 Å². The fourth-order valence-corrected chi connectivity index (χ4v) is 5.72. The topological polar surface area (TPSA) is 117 Å². The Balaban J connectivity index is 1.79. The average molecular weight is 522 g/mol. The molecule has 2 aromatic heterocycles. The summed E-state index contributed by atoms with van der Waals surface area (Å²) in [6, 6.07) is 13.0. The maximum absolute atomic E-state index is 13.6. The highest BCUT2D eigenvalue weighted by molar-refractivity contribution is 7.91. The van der Waals surface area contributed by atoms with E-state index in [1.54, 1.807) is 50.2 Å². The number of amides is 1. The summed E-state index contributed by atoms with van der Waals surface area (Å²) in [7, 11) is -1.18. The molecule has 4 aromatic rings. The van der Waals surface area contributed by atoms with Crippen molar-refractivity contribution < 1.29 is 22.7 Å². The smallest absolute Gasteiger partial charge is 0.244 e. The second-order valence-electron chi connectivity index (χ2n) is 8.66. The number of hydrogen-bond donors (Lipinski definition) is 1. The van der Waals surface area contributed by atoms with E-state index < -0.39 is 26.1 Å². The number of carbonyl (C=O) groups is 1. The highest BCUT2D eigenvalue weighted by Gasteiger charge is 2.26. The van der Waals surface area contributed by atoms with Gasteiger partial charge in [0.2, 0.25) is 21.2 Å². The SMILES string of the molecule is COc1ccc(NC(=O)Cn2cc(S(=O)(=O)c3ccc(C)cc3C)c(=O)c3ccc(C)nc32)cc1OC. The van der Waals surface area contributed by atoms with Gasteiger partial charge in [-0.25, -0.2) is 13.4 Å². The van der Waals surface area contributed by atoms with E-state index in [1.165, 1.54) is 37.1 Å². The molecule has 9 nitrogen and oxygen atoms in total. The number of rotatable bonds is 7. The number of nitrogens with zero attached hydrogens (tertiary/aromatic N) is 2. The summed E-state index contributed by atoms with van der Waals surface area (Å²) in [5.41, 5.74) is 2.05. The van der Waals surface area contributed by atoms with Crippen LogP contribution in [0.25, 0.3) is 11.0 Å². The Morgan fingerprint density at radius 2 is 1.68 bits per heavy atom. The Morgan fingerprint density at radius 3 is 2.35 bits per heavy atom. The van der Waals surface area contributed by atoms with Crippen LogP contribution < -0.4 is 20.2 Å². The number of aromatic nitrogens is 2. The number of nitrogens with one attached hydrogen (secondary N) is 1. The molecule has 1 amide bonds. The molecule has 0 saturated carbocycles. The molecule has 1 N–H and O–H groups in total. The molecule has 0 radical (unpaired) electrons. The van der Waals surface area contributed by atoms with E-state index >= 15 is 0 Å². The first-order valence-electron chi connectivity index (χ1n) is 11.4. The molecule has 0 aliphatic carbocycles. The summed E-state index contributed by atoms with van der Waals surface area (Å²) in [6.07, 6.45) is 1.19. The molecule has 2 heterocycles. The fraction of sp³-hybridized carbons (Fsp3) is 0.222. The van der Waals surface area contributed by atoms with Crippen LogP contribution in [0.3, 0.4) is 0 Å². The Kier molecular flexibility index (Phi) is 7.04. The van der Waals surface area contributed by atoms with E-state index in [4.69, 9.17) is 9.47 Å². The minimum atomic E-state index is -4.18. The van der Waals surface area contributed by atoms with E-state index in [0.29, 0.717) is 28.4 Å². The quantitative estimate of drug-likeness (QED) is 0.393. The van der Waals surface area contributed by atoms with E-state index in [9.17, 15) is 18.0 Å². The number of sulfone groups is 1. The Labute approximate surface area is 214 Å². The van der Waals surface area contributed by atoms with Gasteiger partial charge < -0.3 is 19.4 Å². The molecule has 0 fully saturated rings. The third kappa shape index (κ3) is 5.05. The second kappa shape index (κ2) is 10.1.